The smallest absolute Gasteiger partial charge is 0.247 e. The Kier molecular flexibility index (Phi) is 3.35. The minimum atomic E-state index is 0.106. The van der Waals surface area contributed by atoms with Crippen LogP contribution in [0.2, 0.25) is 0 Å². The number of hydrogen-bond donors (Lipinski definition) is 0. The molecule has 0 N–H and O–H groups in total. The van der Waals surface area contributed by atoms with Crippen molar-refractivity contribution in [2.24, 2.45) is 0 Å². The lowest BCUT2D eigenvalue weighted by Gasteiger charge is -2.05. The van der Waals surface area contributed by atoms with Gasteiger partial charge in [0.25, 0.3) is 0 Å². The Balaban J connectivity index is 2.12. The van der Waals surface area contributed by atoms with Crippen molar-refractivity contribution in [2.45, 2.75) is 0 Å². The maximum Gasteiger partial charge on any atom is 0.247 e. The quantitative estimate of drug-likeness (QED) is 0.677. The summed E-state index contributed by atoms with van der Waals surface area (Å²) in [6.07, 6.45) is 0. The molecule has 4 nitrogen and oxygen atoms in total. The standard InChI is InChI=1S/C16H7BrN2O2/c17-11-5-10(8-18)6-12(7-11)20-16-13-3-1-2-4-14(13)21-15(16)9-19/h1-7H. The Morgan fingerprint density at radius 1 is 1.05 bits per heavy atom. The zero-order valence-corrected chi connectivity index (χ0v) is 12.2. The number of fused-ring (bicyclic) bond motifs is 1. The van der Waals surface area contributed by atoms with Crippen molar-refractivity contribution in [3.8, 4) is 23.6 Å². The Morgan fingerprint density at radius 3 is 2.62 bits per heavy atom. The second-order valence-electron chi connectivity index (χ2n) is 4.26. The number of rotatable bonds is 2. The van der Waals surface area contributed by atoms with Gasteiger partial charge in [-0.15, -0.1) is 0 Å². The molecule has 0 unspecified atom stereocenters. The third-order valence-electron chi connectivity index (χ3n) is 2.87. The lowest BCUT2D eigenvalue weighted by molar-refractivity contribution is 0.466. The topological polar surface area (TPSA) is 69.9 Å². The van der Waals surface area contributed by atoms with Crippen molar-refractivity contribution in [1.82, 2.24) is 0 Å². The predicted molar refractivity (Wildman–Crippen MR) is 79.9 cm³/mol. The van der Waals surface area contributed by atoms with Gasteiger partial charge in [0, 0.05) is 4.47 Å². The Morgan fingerprint density at radius 2 is 1.86 bits per heavy atom. The second-order valence-corrected chi connectivity index (χ2v) is 5.17. The Bertz CT molecular complexity index is 916. The normalized spacial score (nSPS) is 10.0. The molecule has 100 valence electrons. The van der Waals surface area contributed by atoms with Gasteiger partial charge < -0.3 is 9.15 Å². The molecule has 0 radical (unpaired) electrons. The van der Waals surface area contributed by atoms with Gasteiger partial charge in [-0.2, -0.15) is 10.5 Å². The largest absolute Gasteiger partial charge is 0.452 e. The predicted octanol–water partition coefficient (Wildman–Crippen LogP) is 4.73. The van der Waals surface area contributed by atoms with E-state index < -0.39 is 0 Å². The van der Waals surface area contributed by atoms with Gasteiger partial charge in [-0.3, -0.25) is 0 Å². The zero-order chi connectivity index (χ0) is 14.8. The first-order valence-corrected chi connectivity index (χ1v) is 6.81. The summed E-state index contributed by atoms with van der Waals surface area (Å²) in [4.78, 5) is 0. The Labute approximate surface area is 128 Å². The molecule has 0 saturated carbocycles. The van der Waals surface area contributed by atoms with Crippen molar-refractivity contribution >= 4 is 26.9 Å². The summed E-state index contributed by atoms with van der Waals surface area (Å²) >= 11 is 3.32. The van der Waals surface area contributed by atoms with Gasteiger partial charge >= 0.3 is 0 Å². The summed E-state index contributed by atoms with van der Waals surface area (Å²) in [6, 6.07) is 16.3. The molecule has 0 saturated heterocycles. The van der Waals surface area contributed by atoms with Crippen LogP contribution in [0.4, 0.5) is 0 Å². The first-order valence-electron chi connectivity index (χ1n) is 6.01. The van der Waals surface area contributed by atoms with Crippen molar-refractivity contribution in [2.75, 3.05) is 0 Å². The minimum absolute atomic E-state index is 0.106. The van der Waals surface area contributed by atoms with Crippen LogP contribution in [0.5, 0.6) is 11.5 Å². The molecular formula is C16H7BrN2O2. The van der Waals surface area contributed by atoms with Gasteiger partial charge in [0.2, 0.25) is 5.76 Å². The number of ether oxygens (including phenoxy) is 1. The number of para-hydroxylation sites is 1. The van der Waals surface area contributed by atoms with Gasteiger partial charge in [0.1, 0.15) is 17.4 Å². The lowest BCUT2D eigenvalue weighted by atomic mass is 10.2. The van der Waals surface area contributed by atoms with Crippen molar-refractivity contribution in [1.29, 1.82) is 10.5 Å². The minimum Gasteiger partial charge on any atom is -0.452 e. The fourth-order valence-electron chi connectivity index (χ4n) is 2.00. The van der Waals surface area contributed by atoms with Crippen LogP contribution in [-0.2, 0) is 0 Å². The molecule has 0 spiro atoms. The van der Waals surface area contributed by atoms with Crippen molar-refractivity contribution in [3.63, 3.8) is 0 Å². The average Bonchev–Trinajstić information content (AvgIpc) is 2.85. The van der Waals surface area contributed by atoms with Crippen LogP contribution in [0, 0.1) is 22.7 Å². The van der Waals surface area contributed by atoms with Crippen LogP contribution in [-0.4, -0.2) is 0 Å². The molecule has 0 aliphatic heterocycles. The molecular weight excluding hydrogens is 332 g/mol. The van der Waals surface area contributed by atoms with Crippen LogP contribution >= 0.6 is 15.9 Å². The lowest BCUT2D eigenvalue weighted by Crippen LogP contribution is -1.87. The van der Waals surface area contributed by atoms with E-state index in [4.69, 9.17) is 19.7 Å². The van der Waals surface area contributed by atoms with E-state index in [9.17, 15) is 0 Å². The Hall–Kier alpha value is -2.76. The maximum absolute atomic E-state index is 9.17. The van der Waals surface area contributed by atoms with Gasteiger partial charge in [-0.1, -0.05) is 28.1 Å². The van der Waals surface area contributed by atoms with Crippen molar-refractivity contribution in [3.05, 3.63) is 58.3 Å². The van der Waals surface area contributed by atoms with E-state index in [1.165, 1.54) is 0 Å². The molecule has 0 aliphatic rings. The zero-order valence-electron chi connectivity index (χ0n) is 10.6. The molecule has 21 heavy (non-hydrogen) atoms. The van der Waals surface area contributed by atoms with Crippen molar-refractivity contribution < 1.29 is 9.15 Å². The highest BCUT2D eigenvalue weighted by molar-refractivity contribution is 9.10. The van der Waals surface area contributed by atoms with Crippen LogP contribution in [0.15, 0.2) is 51.4 Å². The van der Waals surface area contributed by atoms with E-state index in [1.54, 1.807) is 24.3 Å². The number of halogens is 1. The number of furan rings is 1. The highest BCUT2D eigenvalue weighted by Gasteiger charge is 2.16. The summed E-state index contributed by atoms with van der Waals surface area (Å²) in [6.45, 7) is 0. The molecule has 2 aromatic carbocycles. The monoisotopic (exact) mass is 338 g/mol. The summed E-state index contributed by atoms with van der Waals surface area (Å²) in [7, 11) is 0. The van der Waals surface area contributed by atoms with E-state index >= 15 is 0 Å². The maximum atomic E-state index is 9.17. The number of nitriles is 2. The number of hydrogen-bond acceptors (Lipinski definition) is 4. The van der Waals surface area contributed by atoms with Crippen LogP contribution in [0.3, 0.4) is 0 Å². The molecule has 5 heteroatoms. The second kappa shape index (κ2) is 5.32. The number of nitrogens with zero attached hydrogens (tertiary/aromatic N) is 2. The SMILES string of the molecule is N#Cc1cc(Br)cc(Oc2c(C#N)oc3ccccc23)c1. The molecule has 3 rings (SSSR count). The van der Waals surface area contributed by atoms with Gasteiger partial charge in [-0.25, -0.2) is 0 Å². The molecule has 1 aromatic heterocycles. The first kappa shape index (κ1) is 13.2. The first-order chi connectivity index (χ1) is 10.2. The third-order valence-corrected chi connectivity index (χ3v) is 3.33. The van der Waals surface area contributed by atoms with Crippen LogP contribution in [0.25, 0.3) is 11.0 Å². The van der Waals surface area contributed by atoms with Gasteiger partial charge in [0.05, 0.1) is 17.0 Å². The molecule has 0 amide bonds. The molecule has 0 bridgehead atoms. The molecule has 1 heterocycles. The summed E-state index contributed by atoms with van der Waals surface area (Å²) in [5, 5.41) is 18.9. The summed E-state index contributed by atoms with van der Waals surface area (Å²) < 4.78 is 11.9. The molecule has 0 fully saturated rings. The summed E-state index contributed by atoms with van der Waals surface area (Å²) in [5.41, 5.74) is 1.05. The fourth-order valence-corrected chi connectivity index (χ4v) is 2.47. The van der Waals surface area contributed by atoms with Crippen LogP contribution in [0.1, 0.15) is 11.3 Å². The average molecular weight is 339 g/mol. The van der Waals surface area contributed by atoms with Gasteiger partial charge in [-0.05, 0) is 30.3 Å². The number of benzene rings is 2. The highest BCUT2D eigenvalue weighted by atomic mass is 79.9. The highest BCUT2D eigenvalue weighted by Crippen LogP contribution is 2.36. The van der Waals surface area contributed by atoms with E-state index in [1.807, 2.05) is 24.3 Å². The van der Waals surface area contributed by atoms with E-state index in [0.717, 1.165) is 4.47 Å². The molecule has 0 atom stereocenters. The fraction of sp³-hybridized carbons (Fsp3) is 0. The van der Waals surface area contributed by atoms with Gasteiger partial charge in [0.15, 0.2) is 5.75 Å². The van der Waals surface area contributed by atoms with E-state index in [-0.39, 0.29) is 5.76 Å². The van der Waals surface area contributed by atoms with E-state index in [2.05, 4.69) is 22.0 Å². The van der Waals surface area contributed by atoms with E-state index in [0.29, 0.717) is 28.0 Å². The summed E-state index contributed by atoms with van der Waals surface area (Å²) in [5.74, 6) is 0.925. The molecule has 3 aromatic rings. The molecule has 0 aliphatic carbocycles. The third kappa shape index (κ3) is 2.47. The van der Waals surface area contributed by atoms with Crippen LogP contribution < -0.4 is 4.74 Å².